The van der Waals surface area contributed by atoms with Gasteiger partial charge in [0.2, 0.25) is 0 Å². The first kappa shape index (κ1) is 9.49. The van der Waals surface area contributed by atoms with Gasteiger partial charge in [0.1, 0.15) is 5.75 Å². The van der Waals surface area contributed by atoms with Crippen LogP contribution in [0.4, 0.5) is 0 Å². The fourth-order valence-corrected chi connectivity index (χ4v) is 2.03. The Morgan fingerprint density at radius 3 is 2.86 bits per heavy atom. The molecule has 1 unspecified atom stereocenters. The van der Waals surface area contributed by atoms with E-state index in [1.165, 1.54) is 5.56 Å². The Hall–Kier alpha value is -1.06. The summed E-state index contributed by atoms with van der Waals surface area (Å²) in [7, 11) is 0. The number of aromatic hydroxyl groups is 1. The second kappa shape index (κ2) is 3.59. The number of phenolic OH excluding ortho intramolecular Hbond substituents is 1. The molecule has 0 amide bonds. The monoisotopic (exact) mass is 193 g/mol. The van der Waals surface area contributed by atoms with Crippen molar-refractivity contribution in [1.29, 1.82) is 0 Å². The van der Waals surface area contributed by atoms with Crippen LogP contribution in [-0.2, 0) is 12.8 Å². The van der Waals surface area contributed by atoms with Gasteiger partial charge in [0.15, 0.2) is 0 Å². The molecule has 1 aromatic carbocycles. The van der Waals surface area contributed by atoms with E-state index in [2.05, 4.69) is 0 Å². The lowest BCUT2D eigenvalue weighted by Crippen LogP contribution is -2.14. The molecule has 0 saturated carbocycles. The SMILES string of the molecule is NC(CO)c1cc(O)c2c(c1)CCC2. The first-order valence-corrected chi connectivity index (χ1v) is 4.93. The number of aliphatic hydroxyl groups excluding tert-OH is 1. The molecule has 0 saturated heterocycles. The lowest BCUT2D eigenvalue weighted by Gasteiger charge is -2.11. The van der Waals surface area contributed by atoms with Crippen molar-refractivity contribution in [3.63, 3.8) is 0 Å². The first-order chi connectivity index (χ1) is 6.72. The summed E-state index contributed by atoms with van der Waals surface area (Å²) in [5, 5.41) is 18.6. The number of phenols is 1. The highest BCUT2D eigenvalue weighted by Crippen LogP contribution is 2.32. The lowest BCUT2D eigenvalue weighted by atomic mass is 10.0. The summed E-state index contributed by atoms with van der Waals surface area (Å²) >= 11 is 0. The van der Waals surface area contributed by atoms with Crippen LogP contribution in [0.2, 0.25) is 0 Å². The minimum Gasteiger partial charge on any atom is -0.508 e. The molecule has 4 N–H and O–H groups in total. The second-order valence-corrected chi connectivity index (χ2v) is 3.82. The number of nitrogens with two attached hydrogens (primary N) is 1. The fraction of sp³-hybridized carbons (Fsp3) is 0.455. The summed E-state index contributed by atoms with van der Waals surface area (Å²) in [6.45, 7) is -0.0851. The second-order valence-electron chi connectivity index (χ2n) is 3.82. The molecule has 0 aromatic heterocycles. The standard InChI is InChI=1S/C11H15NO2/c12-10(6-13)8-4-7-2-1-3-9(7)11(14)5-8/h4-5,10,13-14H,1-3,6,12H2. The first-order valence-electron chi connectivity index (χ1n) is 4.93. The molecule has 0 radical (unpaired) electrons. The van der Waals surface area contributed by atoms with E-state index in [0.29, 0.717) is 5.75 Å². The van der Waals surface area contributed by atoms with E-state index in [-0.39, 0.29) is 12.6 Å². The number of hydrogen-bond donors (Lipinski definition) is 3. The molecule has 3 heteroatoms. The van der Waals surface area contributed by atoms with Crippen LogP contribution < -0.4 is 5.73 Å². The zero-order valence-electron chi connectivity index (χ0n) is 8.03. The van der Waals surface area contributed by atoms with Crippen LogP contribution in [0.15, 0.2) is 12.1 Å². The lowest BCUT2D eigenvalue weighted by molar-refractivity contribution is 0.267. The van der Waals surface area contributed by atoms with Crippen LogP contribution in [0.5, 0.6) is 5.75 Å². The van der Waals surface area contributed by atoms with Crippen LogP contribution in [0.1, 0.15) is 29.2 Å². The Labute approximate surface area is 83.2 Å². The largest absolute Gasteiger partial charge is 0.508 e. The van der Waals surface area contributed by atoms with Crippen molar-refractivity contribution in [2.24, 2.45) is 5.73 Å². The predicted octanol–water partition coefficient (Wildman–Crippen LogP) is 0.873. The maximum Gasteiger partial charge on any atom is 0.119 e. The van der Waals surface area contributed by atoms with Gasteiger partial charge in [0.25, 0.3) is 0 Å². The summed E-state index contributed by atoms with van der Waals surface area (Å²) in [6.07, 6.45) is 3.06. The zero-order valence-corrected chi connectivity index (χ0v) is 8.03. The highest BCUT2D eigenvalue weighted by atomic mass is 16.3. The molecular weight excluding hydrogens is 178 g/mol. The predicted molar refractivity (Wildman–Crippen MR) is 54.1 cm³/mol. The van der Waals surface area contributed by atoms with Gasteiger partial charge in [-0.3, -0.25) is 0 Å². The maximum absolute atomic E-state index is 9.72. The van der Waals surface area contributed by atoms with Gasteiger partial charge in [-0.2, -0.15) is 0 Å². The summed E-state index contributed by atoms with van der Waals surface area (Å²) in [6, 6.07) is 3.29. The third-order valence-electron chi connectivity index (χ3n) is 2.84. The van der Waals surface area contributed by atoms with Crippen molar-refractivity contribution in [3.05, 3.63) is 28.8 Å². The number of fused-ring (bicyclic) bond motifs is 1. The van der Waals surface area contributed by atoms with Gasteiger partial charge in [-0.15, -0.1) is 0 Å². The topological polar surface area (TPSA) is 66.5 Å². The highest BCUT2D eigenvalue weighted by Gasteiger charge is 2.17. The molecule has 0 heterocycles. The normalized spacial score (nSPS) is 16.7. The van der Waals surface area contributed by atoms with Gasteiger partial charge < -0.3 is 15.9 Å². The molecule has 76 valence electrons. The summed E-state index contributed by atoms with van der Waals surface area (Å²) in [4.78, 5) is 0. The molecular formula is C11H15NO2. The third-order valence-corrected chi connectivity index (χ3v) is 2.84. The minimum absolute atomic E-state index is 0.0851. The molecule has 0 bridgehead atoms. The number of aryl methyl sites for hydroxylation is 1. The van der Waals surface area contributed by atoms with Crippen LogP contribution in [0.3, 0.4) is 0 Å². The fourth-order valence-electron chi connectivity index (χ4n) is 2.03. The van der Waals surface area contributed by atoms with Crippen molar-refractivity contribution in [2.75, 3.05) is 6.61 Å². The van der Waals surface area contributed by atoms with Crippen LogP contribution in [-0.4, -0.2) is 16.8 Å². The van der Waals surface area contributed by atoms with Gasteiger partial charge in [-0.25, -0.2) is 0 Å². The molecule has 0 spiro atoms. The Bertz CT molecular complexity index is 349. The van der Waals surface area contributed by atoms with Crippen molar-refractivity contribution in [1.82, 2.24) is 0 Å². The average molecular weight is 193 g/mol. The molecule has 1 aliphatic rings. The third kappa shape index (κ3) is 1.49. The average Bonchev–Trinajstić information content (AvgIpc) is 2.64. The maximum atomic E-state index is 9.72. The number of aliphatic hydroxyl groups is 1. The van der Waals surface area contributed by atoms with E-state index in [0.717, 1.165) is 30.4 Å². The summed E-state index contributed by atoms with van der Waals surface area (Å²) in [5.41, 5.74) is 8.76. The van der Waals surface area contributed by atoms with Crippen molar-refractivity contribution < 1.29 is 10.2 Å². The molecule has 1 atom stereocenters. The highest BCUT2D eigenvalue weighted by molar-refractivity contribution is 5.46. The molecule has 1 aromatic rings. The van der Waals surface area contributed by atoms with Crippen LogP contribution in [0, 0.1) is 0 Å². The molecule has 14 heavy (non-hydrogen) atoms. The molecule has 0 aliphatic heterocycles. The van der Waals surface area contributed by atoms with E-state index < -0.39 is 0 Å². The zero-order chi connectivity index (χ0) is 10.1. The van der Waals surface area contributed by atoms with Gasteiger partial charge in [-0.1, -0.05) is 6.07 Å². The van der Waals surface area contributed by atoms with Gasteiger partial charge >= 0.3 is 0 Å². The Kier molecular flexibility index (Phi) is 2.44. The van der Waals surface area contributed by atoms with E-state index in [9.17, 15) is 5.11 Å². The smallest absolute Gasteiger partial charge is 0.119 e. The van der Waals surface area contributed by atoms with Gasteiger partial charge in [0.05, 0.1) is 12.6 Å². The molecule has 2 rings (SSSR count). The van der Waals surface area contributed by atoms with E-state index in [1.54, 1.807) is 6.07 Å². The minimum atomic E-state index is -0.383. The van der Waals surface area contributed by atoms with Crippen LogP contribution in [0.25, 0.3) is 0 Å². The Morgan fingerprint density at radius 1 is 1.36 bits per heavy atom. The van der Waals surface area contributed by atoms with Gasteiger partial charge in [-0.05, 0) is 42.0 Å². The molecule has 3 nitrogen and oxygen atoms in total. The Balaban J connectivity index is 2.41. The number of hydrogen-bond acceptors (Lipinski definition) is 3. The van der Waals surface area contributed by atoms with E-state index in [1.807, 2.05) is 6.07 Å². The number of rotatable bonds is 2. The van der Waals surface area contributed by atoms with Crippen molar-refractivity contribution >= 4 is 0 Å². The summed E-state index contributed by atoms with van der Waals surface area (Å²) in [5.74, 6) is 0.332. The van der Waals surface area contributed by atoms with Crippen molar-refractivity contribution in [3.8, 4) is 5.75 Å². The Morgan fingerprint density at radius 2 is 2.14 bits per heavy atom. The summed E-state index contributed by atoms with van der Waals surface area (Å²) < 4.78 is 0. The van der Waals surface area contributed by atoms with Gasteiger partial charge in [0, 0.05) is 0 Å². The molecule has 0 fully saturated rings. The molecule has 1 aliphatic carbocycles. The quantitative estimate of drug-likeness (QED) is 0.653. The van der Waals surface area contributed by atoms with Crippen molar-refractivity contribution in [2.45, 2.75) is 25.3 Å². The van der Waals surface area contributed by atoms with E-state index >= 15 is 0 Å². The van der Waals surface area contributed by atoms with Crippen LogP contribution >= 0.6 is 0 Å². The van der Waals surface area contributed by atoms with E-state index in [4.69, 9.17) is 10.8 Å². The number of benzene rings is 1.